The van der Waals surface area contributed by atoms with E-state index >= 15 is 0 Å². The second kappa shape index (κ2) is 9.99. The van der Waals surface area contributed by atoms with E-state index in [0.717, 1.165) is 12.1 Å². The third-order valence-electron chi connectivity index (χ3n) is 5.72. The van der Waals surface area contributed by atoms with Crippen LogP contribution in [-0.4, -0.2) is 24.6 Å². The van der Waals surface area contributed by atoms with E-state index in [4.69, 9.17) is 5.73 Å². The number of fused-ring (bicyclic) bond motifs is 1. The lowest BCUT2D eigenvalue weighted by atomic mass is 10.1. The van der Waals surface area contributed by atoms with Crippen LogP contribution < -0.4 is 16.6 Å². The minimum Gasteiger partial charge on any atom is -0.508 e. The Morgan fingerprint density at radius 1 is 1.03 bits per heavy atom. The van der Waals surface area contributed by atoms with Gasteiger partial charge in [0.1, 0.15) is 52.3 Å². The van der Waals surface area contributed by atoms with Gasteiger partial charge in [-0.3, -0.25) is 9.36 Å². The van der Waals surface area contributed by atoms with E-state index in [9.17, 15) is 18.7 Å². The summed E-state index contributed by atoms with van der Waals surface area (Å²) in [4.78, 5) is 26.2. The largest absolute Gasteiger partial charge is 0.508 e. The number of hydrogen-bond donors (Lipinski definition) is 3. The number of nitrogens with zero attached hydrogens (tertiary/aromatic N) is 4. The van der Waals surface area contributed by atoms with Gasteiger partial charge >= 0.3 is 0 Å². The number of hydrogen-bond acceptors (Lipinski definition) is 7. The molecule has 3 aromatic carbocycles. The molecule has 0 amide bonds. The summed E-state index contributed by atoms with van der Waals surface area (Å²) in [7, 11) is 0. The summed E-state index contributed by atoms with van der Waals surface area (Å²) in [6.07, 6.45) is 1.24. The van der Waals surface area contributed by atoms with Crippen molar-refractivity contribution in [2.45, 2.75) is 13.0 Å². The van der Waals surface area contributed by atoms with Crippen LogP contribution in [0.15, 0.2) is 77.9 Å². The number of benzene rings is 3. The summed E-state index contributed by atoms with van der Waals surface area (Å²) in [5.41, 5.74) is 6.55. The Balaban J connectivity index is 1.61. The van der Waals surface area contributed by atoms with Gasteiger partial charge in [0.05, 0.1) is 17.1 Å². The summed E-state index contributed by atoms with van der Waals surface area (Å²) >= 11 is 0. The molecule has 188 valence electrons. The Kier molecular flexibility index (Phi) is 6.41. The summed E-state index contributed by atoms with van der Waals surface area (Å²) in [5.74, 6) is 4.53. The van der Waals surface area contributed by atoms with E-state index < -0.39 is 23.2 Å². The SMILES string of the molecule is CC(Nc1ncnc(N)c1C#Cc1cc(O)cc(F)c1)c1nc2c(F)cccc2c(=O)n1-c1ccccc1. The molecule has 1 unspecified atom stereocenters. The number of para-hydroxylation sites is 2. The second-order valence-corrected chi connectivity index (χ2v) is 8.38. The molecule has 0 bridgehead atoms. The van der Waals surface area contributed by atoms with Crippen LogP contribution in [0.3, 0.4) is 0 Å². The lowest BCUT2D eigenvalue weighted by molar-refractivity contribution is 0.469. The van der Waals surface area contributed by atoms with Crippen molar-refractivity contribution in [3.05, 3.63) is 112 Å². The molecule has 10 heteroatoms. The highest BCUT2D eigenvalue weighted by Gasteiger charge is 2.21. The van der Waals surface area contributed by atoms with Crippen LogP contribution in [0.4, 0.5) is 20.4 Å². The predicted octanol–water partition coefficient (Wildman–Crippen LogP) is 4.31. The number of nitrogens with one attached hydrogen (secondary N) is 1. The van der Waals surface area contributed by atoms with Gasteiger partial charge in [-0.05, 0) is 43.3 Å². The normalized spacial score (nSPS) is 11.6. The highest BCUT2D eigenvalue weighted by molar-refractivity contribution is 5.78. The minimum atomic E-state index is -0.681. The quantitative estimate of drug-likeness (QED) is 0.308. The molecular formula is C28H20F2N6O2. The van der Waals surface area contributed by atoms with Crippen molar-refractivity contribution in [1.29, 1.82) is 0 Å². The highest BCUT2D eigenvalue weighted by Crippen LogP contribution is 2.25. The fraction of sp³-hybridized carbons (Fsp3) is 0.0714. The third-order valence-corrected chi connectivity index (χ3v) is 5.72. The first-order chi connectivity index (χ1) is 18.3. The molecule has 0 aliphatic heterocycles. The molecule has 0 aliphatic rings. The summed E-state index contributed by atoms with van der Waals surface area (Å²) in [6.45, 7) is 1.73. The van der Waals surface area contributed by atoms with Crippen molar-refractivity contribution < 1.29 is 13.9 Å². The van der Waals surface area contributed by atoms with Gasteiger partial charge in [0.15, 0.2) is 0 Å². The lowest BCUT2D eigenvalue weighted by Gasteiger charge is -2.21. The van der Waals surface area contributed by atoms with E-state index in [1.807, 2.05) is 6.07 Å². The lowest BCUT2D eigenvalue weighted by Crippen LogP contribution is -2.28. The highest BCUT2D eigenvalue weighted by atomic mass is 19.1. The van der Waals surface area contributed by atoms with Crippen molar-refractivity contribution >= 4 is 22.5 Å². The fourth-order valence-electron chi connectivity index (χ4n) is 3.99. The molecule has 2 aromatic heterocycles. The standard InChI is InChI=1S/C28H20F2N6O2/c1-16(34-26-22(25(31)32-15-33-26)11-10-17-12-18(29)14-20(37)13-17)27-35-24-21(8-5-9-23(24)30)28(38)36(27)19-6-3-2-4-7-19/h2-9,12-16,37H,1H3,(H3,31,32,33,34). The van der Waals surface area contributed by atoms with Gasteiger partial charge in [-0.15, -0.1) is 0 Å². The fourth-order valence-corrected chi connectivity index (χ4v) is 3.99. The molecule has 38 heavy (non-hydrogen) atoms. The average Bonchev–Trinajstić information content (AvgIpc) is 2.88. The topological polar surface area (TPSA) is 119 Å². The Bertz CT molecular complexity index is 1780. The van der Waals surface area contributed by atoms with Gasteiger partial charge in [-0.1, -0.05) is 36.1 Å². The van der Waals surface area contributed by atoms with Gasteiger partial charge in [0.25, 0.3) is 5.56 Å². The zero-order chi connectivity index (χ0) is 26.8. The number of phenolic OH excluding ortho intramolecular Hbond substituents is 1. The molecule has 0 aliphatic carbocycles. The second-order valence-electron chi connectivity index (χ2n) is 8.38. The van der Waals surface area contributed by atoms with Crippen LogP contribution in [0.2, 0.25) is 0 Å². The molecule has 0 spiro atoms. The van der Waals surface area contributed by atoms with Crippen molar-refractivity contribution in [1.82, 2.24) is 19.5 Å². The summed E-state index contributed by atoms with van der Waals surface area (Å²) in [6, 6.07) is 15.9. The summed E-state index contributed by atoms with van der Waals surface area (Å²) < 4.78 is 29.8. The van der Waals surface area contributed by atoms with E-state index in [1.165, 1.54) is 35.2 Å². The van der Waals surface area contributed by atoms with Crippen LogP contribution in [0.5, 0.6) is 5.75 Å². The number of anilines is 2. The monoisotopic (exact) mass is 510 g/mol. The third kappa shape index (κ3) is 4.73. The molecule has 0 saturated carbocycles. The van der Waals surface area contributed by atoms with Gasteiger partial charge in [0, 0.05) is 11.6 Å². The first-order valence-corrected chi connectivity index (χ1v) is 11.5. The zero-order valence-electron chi connectivity index (χ0n) is 20.0. The van der Waals surface area contributed by atoms with Crippen LogP contribution in [-0.2, 0) is 0 Å². The number of nitrogen functional groups attached to an aromatic ring is 1. The number of halogens is 2. The molecule has 1 atom stereocenters. The summed E-state index contributed by atoms with van der Waals surface area (Å²) in [5, 5.41) is 12.9. The predicted molar refractivity (Wildman–Crippen MR) is 140 cm³/mol. The number of aromatic nitrogens is 4. The maximum absolute atomic E-state index is 14.7. The van der Waals surface area contributed by atoms with Gasteiger partial charge in [-0.2, -0.15) is 0 Å². The molecule has 0 saturated heterocycles. The number of phenols is 1. The van der Waals surface area contributed by atoms with Crippen molar-refractivity contribution in [2.24, 2.45) is 0 Å². The van der Waals surface area contributed by atoms with E-state index in [-0.39, 0.29) is 45.2 Å². The average molecular weight is 511 g/mol. The van der Waals surface area contributed by atoms with E-state index in [1.54, 1.807) is 31.2 Å². The first-order valence-electron chi connectivity index (χ1n) is 11.5. The molecular weight excluding hydrogens is 490 g/mol. The van der Waals surface area contributed by atoms with E-state index in [0.29, 0.717) is 5.69 Å². The molecule has 0 fully saturated rings. The molecule has 0 radical (unpaired) electrons. The van der Waals surface area contributed by atoms with Crippen LogP contribution in [0, 0.1) is 23.5 Å². The van der Waals surface area contributed by atoms with E-state index in [2.05, 4.69) is 32.1 Å². The van der Waals surface area contributed by atoms with Gasteiger partial charge in [0.2, 0.25) is 0 Å². The van der Waals surface area contributed by atoms with Crippen LogP contribution >= 0.6 is 0 Å². The Labute approximate surface area is 215 Å². The van der Waals surface area contributed by atoms with Crippen LogP contribution in [0.1, 0.15) is 29.9 Å². The molecule has 8 nitrogen and oxygen atoms in total. The number of nitrogens with two attached hydrogens (primary N) is 1. The van der Waals surface area contributed by atoms with Crippen molar-refractivity contribution in [3.8, 4) is 23.3 Å². The Morgan fingerprint density at radius 2 is 1.82 bits per heavy atom. The Morgan fingerprint density at radius 3 is 2.58 bits per heavy atom. The molecule has 4 N–H and O–H groups in total. The first kappa shape index (κ1) is 24.4. The molecule has 5 rings (SSSR count). The maximum Gasteiger partial charge on any atom is 0.266 e. The van der Waals surface area contributed by atoms with Crippen molar-refractivity contribution in [3.63, 3.8) is 0 Å². The molecule has 5 aromatic rings. The molecule has 2 heterocycles. The smallest absolute Gasteiger partial charge is 0.266 e. The van der Waals surface area contributed by atoms with Crippen molar-refractivity contribution in [2.75, 3.05) is 11.1 Å². The van der Waals surface area contributed by atoms with Gasteiger partial charge < -0.3 is 16.2 Å². The number of aromatic hydroxyl groups is 1. The maximum atomic E-state index is 14.7. The van der Waals surface area contributed by atoms with Gasteiger partial charge in [-0.25, -0.2) is 23.7 Å². The Hall–Kier alpha value is -5.30. The zero-order valence-corrected chi connectivity index (χ0v) is 20.0. The number of rotatable bonds is 4. The minimum absolute atomic E-state index is 0.0542. The van der Waals surface area contributed by atoms with Crippen LogP contribution in [0.25, 0.3) is 16.6 Å².